The van der Waals surface area contributed by atoms with Crippen molar-refractivity contribution >= 4 is 16.9 Å². The van der Waals surface area contributed by atoms with Gasteiger partial charge in [0.2, 0.25) is 0 Å². The molecule has 0 unspecified atom stereocenters. The third-order valence-electron chi connectivity index (χ3n) is 3.86. The van der Waals surface area contributed by atoms with Gasteiger partial charge in [0.05, 0.1) is 16.6 Å². The fourth-order valence-electron chi connectivity index (χ4n) is 2.64. The van der Waals surface area contributed by atoms with Crippen LogP contribution in [0.25, 0.3) is 33.8 Å². The predicted molar refractivity (Wildman–Crippen MR) is 89.3 cm³/mol. The zero-order valence-corrected chi connectivity index (χ0v) is 12.7. The number of halogens is 1. The number of nitrogens with two attached hydrogens (primary N) is 1. The molecule has 4 rings (SSSR count). The van der Waals surface area contributed by atoms with E-state index < -0.39 is 11.7 Å². The molecule has 0 aliphatic heterocycles. The van der Waals surface area contributed by atoms with E-state index in [1.54, 1.807) is 0 Å². The molecule has 0 bridgehead atoms. The zero-order valence-electron chi connectivity index (χ0n) is 12.7. The minimum absolute atomic E-state index is 0.0825. The van der Waals surface area contributed by atoms with Crippen LogP contribution in [0.1, 0.15) is 10.4 Å². The molecule has 8 heteroatoms. The molecule has 0 fully saturated rings. The number of carbonyl (C=O) groups is 1. The molecule has 25 heavy (non-hydrogen) atoms. The zero-order chi connectivity index (χ0) is 17.6. The third-order valence-corrected chi connectivity index (χ3v) is 3.86. The van der Waals surface area contributed by atoms with E-state index in [1.165, 1.54) is 6.07 Å². The topological polar surface area (TPSA) is 121 Å². The summed E-state index contributed by atoms with van der Waals surface area (Å²) in [5.41, 5.74) is 6.98. The van der Waals surface area contributed by atoms with Crippen molar-refractivity contribution in [3.05, 3.63) is 53.8 Å². The van der Waals surface area contributed by atoms with Crippen LogP contribution in [0.5, 0.6) is 5.75 Å². The number of amides is 1. The van der Waals surface area contributed by atoms with E-state index in [4.69, 9.17) is 5.73 Å². The van der Waals surface area contributed by atoms with E-state index in [9.17, 15) is 14.3 Å². The number of hydrogen-bond acceptors (Lipinski definition) is 4. The number of rotatable bonds is 3. The minimum atomic E-state index is -0.875. The van der Waals surface area contributed by atoms with Gasteiger partial charge in [0.25, 0.3) is 5.91 Å². The maximum absolute atomic E-state index is 13.9. The van der Waals surface area contributed by atoms with Crippen LogP contribution in [0.4, 0.5) is 4.39 Å². The highest BCUT2D eigenvalue weighted by molar-refractivity contribution is 5.97. The maximum atomic E-state index is 13.9. The highest BCUT2D eigenvalue weighted by atomic mass is 19.1. The first-order chi connectivity index (χ1) is 12.0. The molecule has 0 atom stereocenters. The summed E-state index contributed by atoms with van der Waals surface area (Å²) in [7, 11) is 0. The molecule has 5 N–H and O–H groups in total. The van der Waals surface area contributed by atoms with Gasteiger partial charge >= 0.3 is 0 Å². The SMILES string of the molecule is NC(=O)c1cc2nc(-c3[nH]nc(-c4ccccc4)c3O)[nH]c2cc1F. The van der Waals surface area contributed by atoms with Crippen LogP contribution in [0.3, 0.4) is 0 Å². The summed E-state index contributed by atoms with van der Waals surface area (Å²) in [4.78, 5) is 18.4. The van der Waals surface area contributed by atoms with Crippen molar-refractivity contribution in [2.24, 2.45) is 5.73 Å². The molecule has 0 saturated heterocycles. The first-order valence-corrected chi connectivity index (χ1v) is 7.37. The first-order valence-electron chi connectivity index (χ1n) is 7.37. The Bertz CT molecular complexity index is 1100. The maximum Gasteiger partial charge on any atom is 0.251 e. The van der Waals surface area contributed by atoms with Gasteiger partial charge in [0.15, 0.2) is 11.6 Å². The van der Waals surface area contributed by atoms with Gasteiger partial charge in [-0.3, -0.25) is 9.89 Å². The molecule has 1 amide bonds. The van der Waals surface area contributed by atoms with E-state index in [-0.39, 0.29) is 22.8 Å². The Labute approximate surface area is 140 Å². The lowest BCUT2D eigenvalue weighted by Crippen LogP contribution is -2.12. The van der Waals surface area contributed by atoms with Crippen LogP contribution in [-0.4, -0.2) is 31.2 Å². The quantitative estimate of drug-likeness (QED) is 0.459. The van der Waals surface area contributed by atoms with E-state index in [0.717, 1.165) is 11.6 Å². The number of carbonyl (C=O) groups excluding carboxylic acids is 1. The van der Waals surface area contributed by atoms with Crippen molar-refractivity contribution in [1.82, 2.24) is 20.2 Å². The second kappa shape index (κ2) is 5.45. The van der Waals surface area contributed by atoms with Crippen LogP contribution in [-0.2, 0) is 0 Å². The van der Waals surface area contributed by atoms with Gasteiger partial charge in [-0.05, 0) is 6.07 Å². The Kier molecular flexibility index (Phi) is 3.24. The molecule has 4 aromatic rings. The number of nitrogens with zero attached hydrogens (tertiary/aromatic N) is 2. The van der Waals surface area contributed by atoms with E-state index in [1.807, 2.05) is 30.3 Å². The second-order valence-electron chi connectivity index (χ2n) is 5.46. The number of benzene rings is 2. The summed E-state index contributed by atoms with van der Waals surface area (Å²) >= 11 is 0. The van der Waals surface area contributed by atoms with Crippen molar-refractivity contribution < 1.29 is 14.3 Å². The second-order valence-corrected chi connectivity index (χ2v) is 5.46. The molecule has 124 valence electrons. The summed E-state index contributed by atoms with van der Waals surface area (Å²) in [6.45, 7) is 0. The molecule has 0 radical (unpaired) electrons. The number of aromatic nitrogens is 4. The Morgan fingerprint density at radius 3 is 2.68 bits per heavy atom. The predicted octanol–water partition coefficient (Wildman–Crippen LogP) is 2.56. The fraction of sp³-hybridized carbons (Fsp3) is 0. The smallest absolute Gasteiger partial charge is 0.251 e. The number of imidazole rings is 1. The fourth-order valence-corrected chi connectivity index (χ4v) is 2.64. The number of aromatic amines is 2. The van der Waals surface area contributed by atoms with Crippen LogP contribution in [0, 0.1) is 5.82 Å². The number of primary amides is 1. The number of aromatic hydroxyl groups is 1. The Hall–Kier alpha value is -3.68. The third kappa shape index (κ3) is 2.40. The van der Waals surface area contributed by atoms with Crippen LogP contribution < -0.4 is 5.73 Å². The lowest BCUT2D eigenvalue weighted by Gasteiger charge is -1.97. The van der Waals surface area contributed by atoms with Crippen molar-refractivity contribution in [2.75, 3.05) is 0 Å². The van der Waals surface area contributed by atoms with Crippen molar-refractivity contribution in [2.45, 2.75) is 0 Å². The molecule has 2 aromatic heterocycles. The van der Waals surface area contributed by atoms with Crippen molar-refractivity contribution in [3.63, 3.8) is 0 Å². The Morgan fingerprint density at radius 2 is 1.96 bits per heavy atom. The standard InChI is InChI=1S/C17H12FN5O2/c18-10-7-12-11(6-9(10)16(19)25)20-17(21-12)14-15(24)13(22-23-14)8-4-2-1-3-5-8/h1-7,24H,(H2,19,25)(H,20,21)(H,22,23). The number of nitrogens with one attached hydrogen (secondary N) is 2. The first kappa shape index (κ1) is 14.9. The van der Waals surface area contributed by atoms with Crippen LogP contribution in [0.2, 0.25) is 0 Å². The van der Waals surface area contributed by atoms with E-state index in [2.05, 4.69) is 20.2 Å². The molecule has 0 aliphatic rings. The molecule has 2 heterocycles. The average molecular weight is 337 g/mol. The van der Waals surface area contributed by atoms with E-state index in [0.29, 0.717) is 16.7 Å². The molecule has 0 saturated carbocycles. The molecular formula is C17H12FN5O2. The van der Waals surface area contributed by atoms with Gasteiger partial charge in [-0.25, -0.2) is 9.37 Å². The van der Waals surface area contributed by atoms with Gasteiger partial charge in [0.1, 0.15) is 17.2 Å². The molecule has 0 aliphatic carbocycles. The normalized spacial score (nSPS) is 11.1. The largest absolute Gasteiger partial charge is 0.504 e. The molecular weight excluding hydrogens is 325 g/mol. The van der Waals surface area contributed by atoms with Gasteiger partial charge < -0.3 is 15.8 Å². The molecule has 7 nitrogen and oxygen atoms in total. The number of H-pyrrole nitrogens is 2. The van der Waals surface area contributed by atoms with Gasteiger partial charge in [-0.1, -0.05) is 30.3 Å². The molecule has 0 spiro atoms. The Morgan fingerprint density at radius 1 is 1.20 bits per heavy atom. The number of fused-ring (bicyclic) bond motifs is 1. The van der Waals surface area contributed by atoms with Gasteiger partial charge in [-0.15, -0.1) is 0 Å². The van der Waals surface area contributed by atoms with Gasteiger partial charge in [-0.2, -0.15) is 5.10 Å². The van der Waals surface area contributed by atoms with E-state index >= 15 is 0 Å². The lowest BCUT2D eigenvalue weighted by molar-refractivity contribution is 0.0996. The number of hydrogen-bond donors (Lipinski definition) is 4. The Balaban J connectivity index is 1.83. The van der Waals surface area contributed by atoms with Crippen molar-refractivity contribution in [1.29, 1.82) is 0 Å². The lowest BCUT2D eigenvalue weighted by atomic mass is 10.1. The highest BCUT2D eigenvalue weighted by Gasteiger charge is 2.19. The highest BCUT2D eigenvalue weighted by Crippen LogP contribution is 2.35. The summed E-state index contributed by atoms with van der Waals surface area (Å²) in [5, 5.41) is 17.3. The monoisotopic (exact) mass is 337 g/mol. The van der Waals surface area contributed by atoms with Crippen LogP contribution >= 0.6 is 0 Å². The van der Waals surface area contributed by atoms with Crippen molar-refractivity contribution in [3.8, 4) is 28.5 Å². The summed E-state index contributed by atoms with van der Waals surface area (Å²) < 4.78 is 13.9. The summed E-state index contributed by atoms with van der Waals surface area (Å²) in [6, 6.07) is 11.5. The average Bonchev–Trinajstić information content (AvgIpc) is 3.17. The van der Waals surface area contributed by atoms with Gasteiger partial charge in [0, 0.05) is 11.6 Å². The minimum Gasteiger partial charge on any atom is -0.504 e. The summed E-state index contributed by atoms with van der Waals surface area (Å²) in [5.74, 6) is -1.43. The summed E-state index contributed by atoms with van der Waals surface area (Å²) in [6.07, 6.45) is 0. The molecule has 2 aromatic carbocycles. The van der Waals surface area contributed by atoms with Crippen LogP contribution in [0.15, 0.2) is 42.5 Å².